The van der Waals surface area contributed by atoms with Gasteiger partial charge >= 0.3 is 0 Å². The molecule has 0 heterocycles. The van der Waals surface area contributed by atoms with Crippen LogP contribution in [0.25, 0.3) is 0 Å². The lowest BCUT2D eigenvalue weighted by atomic mass is 9.97. The Kier molecular flexibility index (Phi) is 3.73. The lowest BCUT2D eigenvalue weighted by Crippen LogP contribution is -2.28. The Hall–Kier alpha value is -0.560. The van der Waals surface area contributed by atoms with Gasteiger partial charge in [-0.15, -0.1) is 6.58 Å². The van der Waals surface area contributed by atoms with E-state index in [-0.39, 0.29) is 5.60 Å². The third-order valence-electron chi connectivity index (χ3n) is 2.66. The van der Waals surface area contributed by atoms with Gasteiger partial charge in [0.1, 0.15) is 0 Å². The van der Waals surface area contributed by atoms with Gasteiger partial charge in [-0.05, 0) is 26.2 Å². The van der Waals surface area contributed by atoms with E-state index in [2.05, 4.69) is 13.2 Å². The summed E-state index contributed by atoms with van der Waals surface area (Å²) in [6.45, 7) is 10.4. The van der Waals surface area contributed by atoms with Crippen LogP contribution in [0.15, 0.2) is 24.8 Å². The molecule has 0 aromatic heterocycles. The minimum Gasteiger partial charge on any atom is -0.370 e. The maximum atomic E-state index is 5.92. The molecule has 0 aliphatic heterocycles. The molecular weight excluding hydrogens is 160 g/mol. The second-order valence-electron chi connectivity index (χ2n) is 4.13. The second-order valence-corrected chi connectivity index (χ2v) is 4.13. The fraction of sp³-hybridized carbons (Fsp3) is 0.667. The fourth-order valence-electron chi connectivity index (χ4n) is 1.97. The number of hydrogen-bond acceptors (Lipinski definition) is 1. The van der Waals surface area contributed by atoms with Crippen molar-refractivity contribution >= 4 is 0 Å². The average Bonchev–Trinajstić information content (AvgIpc) is 2.51. The summed E-state index contributed by atoms with van der Waals surface area (Å²) in [5, 5.41) is 0. The van der Waals surface area contributed by atoms with Crippen molar-refractivity contribution in [1.82, 2.24) is 0 Å². The van der Waals surface area contributed by atoms with Crippen LogP contribution in [0.2, 0.25) is 0 Å². The summed E-state index contributed by atoms with van der Waals surface area (Å²) in [4.78, 5) is 0. The zero-order valence-corrected chi connectivity index (χ0v) is 8.64. The van der Waals surface area contributed by atoms with Crippen molar-refractivity contribution in [3.63, 3.8) is 0 Å². The van der Waals surface area contributed by atoms with E-state index in [1.807, 2.05) is 13.0 Å². The van der Waals surface area contributed by atoms with Gasteiger partial charge in [0.15, 0.2) is 0 Å². The number of rotatable bonds is 5. The van der Waals surface area contributed by atoms with Crippen molar-refractivity contribution in [2.24, 2.45) is 0 Å². The number of hydrogen-bond donors (Lipinski definition) is 0. The van der Waals surface area contributed by atoms with E-state index in [4.69, 9.17) is 4.74 Å². The van der Waals surface area contributed by atoms with Crippen LogP contribution < -0.4 is 0 Å². The summed E-state index contributed by atoms with van der Waals surface area (Å²) >= 11 is 0. The smallest absolute Gasteiger partial charge is 0.0721 e. The summed E-state index contributed by atoms with van der Waals surface area (Å²) in [6.07, 6.45) is 7.93. The van der Waals surface area contributed by atoms with Gasteiger partial charge < -0.3 is 4.74 Å². The molecule has 0 radical (unpaired) electrons. The van der Waals surface area contributed by atoms with Crippen molar-refractivity contribution in [3.8, 4) is 0 Å². The topological polar surface area (TPSA) is 9.23 Å². The highest BCUT2D eigenvalue weighted by Gasteiger charge is 2.33. The van der Waals surface area contributed by atoms with Crippen LogP contribution in [0.4, 0.5) is 0 Å². The van der Waals surface area contributed by atoms with Gasteiger partial charge in [0.25, 0.3) is 0 Å². The van der Waals surface area contributed by atoms with Gasteiger partial charge in [-0.1, -0.05) is 31.1 Å². The highest BCUT2D eigenvalue weighted by molar-refractivity contribution is 4.95. The molecule has 74 valence electrons. The van der Waals surface area contributed by atoms with E-state index in [0.29, 0.717) is 6.61 Å². The molecule has 0 unspecified atom stereocenters. The molecule has 0 spiro atoms. The van der Waals surface area contributed by atoms with E-state index >= 15 is 0 Å². The predicted octanol–water partition coefficient (Wildman–Crippen LogP) is 3.47. The Bertz CT molecular complexity index is 187. The van der Waals surface area contributed by atoms with Crippen molar-refractivity contribution < 1.29 is 4.74 Å². The van der Waals surface area contributed by atoms with Gasteiger partial charge in [-0.2, -0.15) is 0 Å². The second kappa shape index (κ2) is 4.61. The SMILES string of the molecule is C=CCC1(OCC(=C)C)CCCC1. The maximum absolute atomic E-state index is 5.92. The maximum Gasteiger partial charge on any atom is 0.0721 e. The minimum atomic E-state index is 0.0979. The Morgan fingerprint density at radius 3 is 2.54 bits per heavy atom. The quantitative estimate of drug-likeness (QED) is 0.589. The summed E-state index contributed by atoms with van der Waals surface area (Å²) in [5.74, 6) is 0. The molecule has 1 aliphatic carbocycles. The zero-order valence-electron chi connectivity index (χ0n) is 8.64. The van der Waals surface area contributed by atoms with E-state index < -0.39 is 0 Å². The van der Waals surface area contributed by atoms with Crippen molar-refractivity contribution in [3.05, 3.63) is 24.8 Å². The van der Waals surface area contributed by atoms with Crippen LogP contribution in [0.1, 0.15) is 39.0 Å². The first-order valence-electron chi connectivity index (χ1n) is 5.08. The van der Waals surface area contributed by atoms with E-state index in [0.717, 1.165) is 12.0 Å². The van der Waals surface area contributed by atoms with E-state index in [1.165, 1.54) is 25.7 Å². The minimum absolute atomic E-state index is 0.0979. The molecule has 1 saturated carbocycles. The van der Waals surface area contributed by atoms with Crippen molar-refractivity contribution in [1.29, 1.82) is 0 Å². The Balaban J connectivity index is 2.46. The zero-order chi connectivity index (χ0) is 9.73. The highest BCUT2D eigenvalue weighted by atomic mass is 16.5. The van der Waals surface area contributed by atoms with Crippen molar-refractivity contribution in [2.45, 2.75) is 44.6 Å². The molecule has 1 fully saturated rings. The molecule has 0 bridgehead atoms. The molecular formula is C12H20O. The van der Waals surface area contributed by atoms with Crippen LogP contribution in [0, 0.1) is 0 Å². The molecule has 1 aliphatic rings. The summed E-state index contributed by atoms with van der Waals surface area (Å²) in [7, 11) is 0. The van der Waals surface area contributed by atoms with Crippen LogP contribution in [-0.4, -0.2) is 12.2 Å². The highest BCUT2D eigenvalue weighted by Crippen LogP contribution is 2.36. The molecule has 0 saturated heterocycles. The Morgan fingerprint density at radius 2 is 2.08 bits per heavy atom. The first kappa shape index (κ1) is 10.5. The third kappa shape index (κ3) is 3.00. The average molecular weight is 180 g/mol. The molecule has 0 N–H and O–H groups in total. The lowest BCUT2D eigenvalue weighted by molar-refractivity contribution is -0.0262. The van der Waals surface area contributed by atoms with E-state index in [9.17, 15) is 0 Å². The van der Waals surface area contributed by atoms with Crippen molar-refractivity contribution in [2.75, 3.05) is 6.61 Å². The van der Waals surface area contributed by atoms with Crippen LogP contribution in [0.5, 0.6) is 0 Å². The van der Waals surface area contributed by atoms with Crippen LogP contribution in [-0.2, 0) is 4.74 Å². The van der Waals surface area contributed by atoms with Gasteiger partial charge in [-0.3, -0.25) is 0 Å². The molecule has 1 nitrogen and oxygen atoms in total. The predicted molar refractivity (Wildman–Crippen MR) is 56.8 cm³/mol. The summed E-state index contributed by atoms with van der Waals surface area (Å²) in [6, 6.07) is 0. The molecule has 0 amide bonds. The summed E-state index contributed by atoms with van der Waals surface area (Å²) < 4.78 is 5.92. The summed E-state index contributed by atoms with van der Waals surface area (Å²) in [5.41, 5.74) is 1.20. The Labute approximate surface area is 81.5 Å². The normalized spacial score (nSPS) is 20.1. The monoisotopic (exact) mass is 180 g/mol. The van der Waals surface area contributed by atoms with Gasteiger partial charge in [-0.25, -0.2) is 0 Å². The molecule has 1 rings (SSSR count). The largest absolute Gasteiger partial charge is 0.370 e. The first-order valence-corrected chi connectivity index (χ1v) is 5.08. The van der Waals surface area contributed by atoms with Gasteiger partial charge in [0, 0.05) is 0 Å². The third-order valence-corrected chi connectivity index (χ3v) is 2.66. The van der Waals surface area contributed by atoms with Gasteiger partial charge in [0.05, 0.1) is 12.2 Å². The molecule has 0 atom stereocenters. The lowest BCUT2D eigenvalue weighted by Gasteiger charge is -2.28. The van der Waals surface area contributed by atoms with Crippen LogP contribution in [0.3, 0.4) is 0 Å². The molecule has 0 aromatic carbocycles. The van der Waals surface area contributed by atoms with Gasteiger partial charge in [0.2, 0.25) is 0 Å². The van der Waals surface area contributed by atoms with E-state index in [1.54, 1.807) is 0 Å². The standard InChI is InChI=1S/C12H20O/c1-4-7-12(8-5-6-9-12)13-10-11(2)3/h4H,1-2,5-10H2,3H3. The first-order chi connectivity index (χ1) is 6.18. The fourth-order valence-corrected chi connectivity index (χ4v) is 1.97. The number of ether oxygens (including phenoxy) is 1. The molecule has 0 aromatic rings. The van der Waals surface area contributed by atoms with Crippen LogP contribution >= 0.6 is 0 Å². The molecule has 13 heavy (non-hydrogen) atoms. The molecule has 1 heteroatoms. The Morgan fingerprint density at radius 1 is 1.46 bits per heavy atom.